The minimum atomic E-state index is -4.66. The molecular formula is C15H18F4N2. The summed E-state index contributed by atoms with van der Waals surface area (Å²) in [6.45, 7) is 4.13. The molecule has 0 amide bonds. The van der Waals surface area contributed by atoms with Crippen molar-refractivity contribution in [3.05, 3.63) is 29.6 Å². The third kappa shape index (κ3) is 2.86. The fourth-order valence-electron chi connectivity index (χ4n) is 3.15. The van der Waals surface area contributed by atoms with E-state index in [0.717, 1.165) is 31.5 Å². The van der Waals surface area contributed by atoms with Crippen molar-refractivity contribution in [3.63, 3.8) is 0 Å². The van der Waals surface area contributed by atoms with Gasteiger partial charge in [0.05, 0.1) is 5.56 Å². The minimum Gasteiger partial charge on any atom is -0.368 e. The molecule has 0 aromatic heterocycles. The molecule has 2 fully saturated rings. The number of anilines is 1. The molecule has 116 valence electrons. The van der Waals surface area contributed by atoms with Crippen molar-refractivity contribution in [1.29, 1.82) is 0 Å². The molecule has 1 saturated heterocycles. The molecule has 1 atom stereocenters. The van der Waals surface area contributed by atoms with E-state index < -0.39 is 17.6 Å². The van der Waals surface area contributed by atoms with E-state index >= 15 is 0 Å². The first-order valence-electron chi connectivity index (χ1n) is 7.16. The summed E-state index contributed by atoms with van der Waals surface area (Å²) in [5.74, 6) is -0.630. The van der Waals surface area contributed by atoms with Crippen LogP contribution in [0.3, 0.4) is 0 Å². The average Bonchev–Trinajstić information content (AvgIpc) is 3.22. The summed E-state index contributed by atoms with van der Waals surface area (Å²) in [4.78, 5) is 1.92. The summed E-state index contributed by atoms with van der Waals surface area (Å²) in [7, 11) is 0. The molecule has 6 heteroatoms. The van der Waals surface area contributed by atoms with Gasteiger partial charge in [-0.1, -0.05) is 0 Å². The van der Waals surface area contributed by atoms with E-state index in [4.69, 9.17) is 0 Å². The lowest BCUT2D eigenvalue weighted by Gasteiger charge is -2.43. The summed E-state index contributed by atoms with van der Waals surface area (Å²) in [6.07, 6.45) is -2.34. The molecule has 0 spiro atoms. The van der Waals surface area contributed by atoms with Gasteiger partial charge in [-0.25, -0.2) is 4.39 Å². The van der Waals surface area contributed by atoms with E-state index in [1.165, 1.54) is 6.07 Å². The van der Waals surface area contributed by atoms with Crippen LogP contribution in [0.5, 0.6) is 0 Å². The van der Waals surface area contributed by atoms with Crippen molar-refractivity contribution in [2.45, 2.75) is 31.5 Å². The van der Waals surface area contributed by atoms with E-state index in [1.54, 1.807) is 0 Å². The third-order valence-electron chi connectivity index (χ3n) is 4.53. The van der Waals surface area contributed by atoms with Crippen LogP contribution in [0.2, 0.25) is 0 Å². The van der Waals surface area contributed by atoms with Crippen LogP contribution in [0.1, 0.15) is 25.3 Å². The Kier molecular flexibility index (Phi) is 3.39. The van der Waals surface area contributed by atoms with Crippen LogP contribution in [-0.2, 0) is 6.18 Å². The maximum Gasteiger partial charge on any atom is 0.419 e. The molecule has 1 aromatic carbocycles. The van der Waals surface area contributed by atoms with E-state index in [2.05, 4.69) is 12.2 Å². The fourth-order valence-corrected chi connectivity index (χ4v) is 3.15. The van der Waals surface area contributed by atoms with Crippen LogP contribution in [-0.4, -0.2) is 25.2 Å². The summed E-state index contributed by atoms with van der Waals surface area (Å²) in [6, 6.07) is 3.27. The normalized spacial score (nSPS) is 27.0. The number of piperazine rings is 1. The molecule has 1 aliphatic carbocycles. The van der Waals surface area contributed by atoms with Crippen molar-refractivity contribution >= 4 is 5.69 Å². The van der Waals surface area contributed by atoms with Crippen LogP contribution < -0.4 is 10.2 Å². The summed E-state index contributed by atoms with van der Waals surface area (Å²) in [5.41, 5.74) is -0.811. The molecule has 2 nitrogen and oxygen atoms in total. The first-order valence-corrected chi connectivity index (χ1v) is 7.16. The van der Waals surface area contributed by atoms with Gasteiger partial charge in [0.15, 0.2) is 0 Å². The standard InChI is InChI=1S/C15H18F4N2/c1-14(10-2-3-10)9-21(7-6-20-14)11-4-5-13(16)12(8-11)15(17,18)19/h4-5,8,10,20H,2-3,6-7,9H2,1H3. The number of nitrogens with zero attached hydrogens (tertiary/aromatic N) is 1. The number of benzene rings is 1. The Morgan fingerprint density at radius 1 is 1.29 bits per heavy atom. The molecule has 0 bridgehead atoms. The molecule has 1 N–H and O–H groups in total. The van der Waals surface area contributed by atoms with E-state index in [0.29, 0.717) is 24.7 Å². The van der Waals surface area contributed by atoms with Gasteiger partial charge < -0.3 is 10.2 Å². The van der Waals surface area contributed by atoms with Gasteiger partial charge >= 0.3 is 6.18 Å². The topological polar surface area (TPSA) is 15.3 Å². The van der Waals surface area contributed by atoms with Gasteiger partial charge in [-0.2, -0.15) is 13.2 Å². The first-order chi connectivity index (χ1) is 9.79. The largest absolute Gasteiger partial charge is 0.419 e. The lowest BCUT2D eigenvalue weighted by Crippen LogP contribution is -2.60. The van der Waals surface area contributed by atoms with Crippen LogP contribution in [0.15, 0.2) is 18.2 Å². The summed E-state index contributed by atoms with van der Waals surface area (Å²) >= 11 is 0. The van der Waals surface area contributed by atoms with Gasteiger partial charge in [0.25, 0.3) is 0 Å². The molecule has 2 aliphatic rings. The van der Waals surface area contributed by atoms with Crippen molar-refractivity contribution in [2.24, 2.45) is 5.92 Å². The number of alkyl halides is 3. The second-order valence-electron chi connectivity index (χ2n) is 6.20. The zero-order valence-electron chi connectivity index (χ0n) is 11.8. The second-order valence-corrected chi connectivity index (χ2v) is 6.20. The maximum atomic E-state index is 13.4. The minimum absolute atomic E-state index is 0.0645. The highest BCUT2D eigenvalue weighted by atomic mass is 19.4. The lowest BCUT2D eigenvalue weighted by molar-refractivity contribution is -0.139. The molecule has 0 radical (unpaired) electrons. The second kappa shape index (κ2) is 4.87. The zero-order valence-corrected chi connectivity index (χ0v) is 11.8. The highest BCUT2D eigenvalue weighted by Gasteiger charge is 2.44. The van der Waals surface area contributed by atoms with E-state index in [-0.39, 0.29) is 5.54 Å². The monoisotopic (exact) mass is 302 g/mol. The van der Waals surface area contributed by atoms with E-state index in [1.807, 2.05) is 4.90 Å². The number of hydrogen-bond acceptors (Lipinski definition) is 2. The predicted molar refractivity (Wildman–Crippen MR) is 72.7 cm³/mol. The fraction of sp³-hybridized carbons (Fsp3) is 0.600. The van der Waals surface area contributed by atoms with Crippen LogP contribution >= 0.6 is 0 Å². The van der Waals surface area contributed by atoms with Gasteiger partial charge in [-0.15, -0.1) is 0 Å². The van der Waals surface area contributed by atoms with Crippen molar-refractivity contribution < 1.29 is 17.6 Å². The van der Waals surface area contributed by atoms with Gasteiger partial charge in [-0.3, -0.25) is 0 Å². The Hall–Kier alpha value is -1.30. The van der Waals surface area contributed by atoms with Crippen molar-refractivity contribution in [1.82, 2.24) is 5.32 Å². The Labute approximate surface area is 121 Å². The number of rotatable bonds is 2. The Balaban J connectivity index is 1.86. The molecule has 1 heterocycles. The van der Waals surface area contributed by atoms with Crippen LogP contribution in [0.4, 0.5) is 23.2 Å². The van der Waals surface area contributed by atoms with Gasteiger partial charge in [-0.05, 0) is 43.9 Å². The summed E-state index contributed by atoms with van der Waals surface area (Å²) in [5, 5.41) is 3.48. The highest BCUT2D eigenvalue weighted by molar-refractivity contribution is 5.51. The molecular weight excluding hydrogens is 284 g/mol. The Bertz CT molecular complexity index is 539. The van der Waals surface area contributed by atoms with Crippen LogP contribution in [0, 0.1) is 11.7 Å². The maximum absolute atomic E-state index is 13.4. The number of halogens is 4. The highest BCUT2D eigenvalue weighted by Crippen LogP contribution is 2.42. The zero-order chi connectivity index (χ0) is 15.3. The number of hydrogen-bond donors (Lipinski definition) is 1. The van der Waals surface area contributed by atoms with Crippen molar-refractivity contribution in [2.75, 3.05) is 24.5 Å². The van der Waals surface area contributed by atoms with Crippen LogP contribution in [0.25, 0.3) is 0 Å². The van der Waals surface area contributed by atoms with E-state index in [9.17, 15) is 17.6 Å². The average molecular weight is 302 g/mol. The number of nitrogens with one attached hydrogen (secondary N) is 1. The predicted octanol–water partition coefficient (Wildman–Crippen LogP) is 3.42. The molecule has 21 heavy (non-hydrogen) atoms. The lowest BCUT2D eigenvalue weighted by atomic mass is 9.92. The first kappa shape index (κ1) is 14.6. The molecule has 1 unspecified atom stereocenters. The third-order valence-corrected chi connectivity index (χ3v) is 4.53. The molecule has 3 rings (SSSR count). The molecule has 1 aromatic rings. The molecule has 1 saturated carbocycles. The van der Waals surface area contributed by atoms with Crippen molar-refractivity contribution in [3.8, 4) is 0 Å². The Morgan fingerprint density at radius 2 is 2.00 bits per heavy atom. The molecule has 1 aliphatic heterocycles. The van der Waals surface area contributed by atoms with Gasteiger partial charge in [0.2, 0.25) is 0 Å². The smallest absolute Gasteiger partial charge is 0.368 e. The Morgan fingerprint density at radius 3 is 2.62 bits per heavy atom. The quantitative estimate of drug-likeness (QED) is 0.842. The van der Waals surface area contributed by atoms with Gasteiger partial charge in [0.1, 0.15) is 5.82 Å². The van der Waals surface area contributed by atoms with Gasteiger partial charge in [0, 0.05) is 30.9 Å². The SMILES string of the molecule is CC1(C2CC2)CN(c2ccc(F)c(C(F)(F)F)c2)CCN1. The summed E-state index contributed by atoms with van der Waals surface area (Å²) < 4.78 is 51.8.